The summed E-state index contributed by atoms with van der Waals surface area (Å²) in [7, 11) is 0. The van der Waals surface area contributed by atoms with Crippen molar-refractivity contribution in [1.82, 2.24) is 0 Å². The van der Waals surface area contributed by atoms with Gasteiger partial charge >= 0.3 is 5.97 Å². The summed E-state index contributed by atoms with van der Waals surface area (Å²) >= 11 is 0. The molecule has 1 aliphatic carbocycles. The second kappa shape index (κ2) is 8.27. The van der Waals surface area contributed by atoms with Crippen molar-refractivity contribution in [2.75, 3.05) is 5.32 Å². The average molecular weight is 397 g/mol. The summed E-state index contributed by atoms with van der Waals surface area (Å²) in [5.74, 6) is -0.295. The number of hydrogen-bond acceptors (Lipinski definition) is 7. The van der Waals surface area contributed by atoms with Crippen LogP contribution in [0, 0.1) is 5.92 Å². The van der Waals surface area contributed by atoms with Crippen molar-refractivity contribution in [3.8, 4) is 5.75 Å². The second-order valence-electron chi connectivity index (χ2n) is 8.00. The molecule has 1 saturated carbocycles. The molecule has 29 heavy (non-hydrogen) atoms. The maximum Gasteiger partial charge on any atom is 0.347 e. The lowest BCUT2D eigenvalue weighted by Crippen LogP contribution is -2.23. The second-order valence-corrected chi connectivity index (χ2v) is 8.00. The Kier molecular flexibility index (Phi) is 5.56. The topological polar surface area (TPSA) is 96.4 Å². The molecule has 0 aromatic carbocycles. The fourth-order valence-electron chi connectivity index (χ4n) is 3.98. The number of fused-ring (bicyclic) bond motifs is 1. The highest BCUT2D eigenvalue weighted by Gasteiger charge is 2.31. The number of nitrogens with zero attached hydrogens (tertiary/aromatic N) is 2. The van der Waals surface area contributed by atoms with E-state index in [1.165, 1.54) is 6.42 Å². The molecule has 0 radical (unpaired) electrons. The van der Waals surface area contributed by atoms with Crippen molar-refractivity contribution in [1.29, 1.82) is 0 Å². The molecular formula is C22H27N3O4. The van der Waals surface area contributed by atoms with Crippen molar-refractivity contribution in [2.24, 2.45) is 15.9 Å². The fraction of sp³-hybridized carbons (Fsp3) is 0.500. The van der Waals surface area contributed by atoms with Crippen molar-refractivity contribution >= 4 is 30.4 Å². The largest absolute Gasteiger partial charge is 0.504 e. The number of aliphatic imine (C=N–C) groups is 2. The van der Waals surface area contributed by atoms with Crippen LogP contribution in [-0.4, -0.2) is 41.8 Å². The molecule has 7 nitrogen and oxygen atoms in total. The minimum atomic E-state index is -0.593. The summed E-state index contributed by atoms with van der Waals surface area (Å²) in [6.07, 6.45) is 14.2. The monoisotopic (exact) mass is 397 g/mol. The van der Waals surface area contributed by atoms with Crippen molar-refractivity contribution in [3.63, 3.8) is 0 Å². The first kappa shape index (κ1) is 19.5. The molecule has 2 aliphatic heterocycles. The zero-order valence-corrected chi connectivity index (χ0v) is 16.8. The summed E-state index contributed by atoms with van der Waals surface area (Å²) in [5.41, 5.74) is 0.931. The number of ether oxygens (including phenoxy) is 1. The molecule has 1 aromatic rings. The number of aromatic hydroxyl groups is 1. The molecule has 1 fully saturated rings. The Balaban J connectivity index is 1.66. The summed E-state index contributed by atoms with van der Waals surface area (Å²) in [5, 5.41) is 14.1. The Morgan fingerprint density at radius 3 is 2.86 bits per heavy atom. The molecular weight excluding hydrogens is 370 g/mol. The van der Waals surface area contributed by atoms with Crippen molar-refractivity contribution in [3.05, 3.63) is 29.0 Å². The number of anilines is 1. The minimum Gasteiger partial charge on any atom is -0.504 e. The standard InChI is InChI=1S/C22H27N3O4/c1-13(2)28-22(27)18-19(26)17(29-21(18)25-15-7-4-3-5-8-15)11-14-12-24-20-16(14)9-6-10-23-20/h6,9-13,15-16,20,25-26H,3-5,7-8H2,1-2H3. The number of rotatable bonds is 5. The highest BCUT2D eigenvalue weighted by Crippen LogP contribution is 2.39. The molecule has 3 heterocycles. The number of furan rings is 1. The average Bonchev–Trinajstić information content (AvgIpc) is 3.24. The van der Waals surface area contributed by atoms with Crippen LogP contribution in [0.4, 0.5) is 5.88 Å². The van der Waals surface area contributed by atoms with Gasteiger partial charge in [-0.1, -0.05) is 25.3 Å². The zero-order valence-electron chi connectivity index (χ0n) is 16.8. The maximum absolute atomic E-state index is 12.7. The molecule has 2 atom stereocenters. The Morgan fingerprint density at radius 2 is 2.10 bits per heavy atom. The lowest BCUT2D eigenvalue weighted by atomic mass is 9.95. The van der Waals surface area contributed by atoms with Crippen molar-refractivity contribution < 1.29 is 19.1 Å². The van der Waals surface area contributed by atoms with Crippen LogP contribution in [0.15, 0.2) is 32.1 Å². The van der Waals surface area contributed by atoms with Crippen LogP contribution >= 0.6 is 0 Å². The van der Waals surface area contributed by atoms with Gasteiger partial charge in [0.1, 0.15) is 6.17 Å². The predicted molar refractivity (Wildman–Crippen MR) is 113 cm³/mol. The van der Waals surface area contributed by atoms with E-state index in [0.29, 0.717) is 0 Å². The minimum absolute atomic E-state index is 0.00493. The molecule has 4 rings (SSSR count). The molecule has 0 spiro atoms. The third kappa shape index (κ3) is 4.13. The first-order valence-corrected chi connectivity index (χ1v) is 10.3. The number of nitrogens with one attached hydrogen (secondary N) is 1. The van der Waals surface area contributed by atoms with E-state index in [1.54, 1.807) is 32.4 Å². The molecule has 7 heteroatoms. The summed E-state index contributed by atoms with van der Waals surface area (Å²) in [4.78, 5) is 21.4. The number of esters is 1. The van der Waals surface area contributed by atoms with Gasteiger partial charge in [-0.15, -0.1) is 0 Å². The van der Waals surface area contributed by atoms with Gasteiger partial charge in [0.2, 0.25) is 5.88 Å². The summed E-state index contributed by atoms with van der Waals surface area (Å²) in [6, 6.07) is 0.216. The number of dihydropyridines is 1. The smallest absolute Gasteiger partial charge is 0.347 e. The molecule has 154 valence electrons. The molecule has 3 aliphatic rings. The van der Waals surface area contributed by atoms with E-state index >= 15 is 0 Å². The van der Waals surface area contributed by atoms with Crippen LogP contribution in [0.25, 0.3) is 6.08 Å². The van der Waals surface area contributed by atoms with E-state index in [-0.39, 0.29) is 47.2 Å². The summed E-state index contributed by atoms with van der Waals surface area (Å²) in [6.45, 7) is 3.55. The number of carbonyl (C=O) groups excluding carboxylic acids is 1. The van der Waals surface area contributed by atoms with E-state index in [4.69, 9.17) is 9.15 Å². The lowest BCUT2D eigenvalue weighted by Gasteiger charge is -2.22. The van der Waals surface area contributed by atoms with Crippen LogP contribution in [-0.2, 0) is 4.74 Å². The SMILES string of the molecule is CC(C)OC(=O)c1c(NC2CCCCC2)oc(C=C2C=NC3N=CC=CC23)c1O. The van der Waals surface area contributed by atoms with Gasteiger partial charge in [-0.3, -0.25) is 9.98 Å². The van der Waals surface area contributed by atoms with E-state index in [2.05, 4.69) is 15.3 Å². The normalized spacial score (nSPS) is 25.0. The van der Waals surface area contributed by atoms with Gasteiger partial charge in [0.25, 0.3) is 0 Å². The fourth-order valence-corrected chi connectivity index (χ4v) is 3.98. The molecule has 1 aromatic heterocycles. The summed E-state index contributed by atoms with van der Waals surface area (Å²) < 4.78 is 11.3. The number of hydrogen-bond donors (Lipinski definition) is 2. The highest BCUT2D eigenvalue weighted by atomic mass is 16.5. The van der Waals surface area contributed by atoms with Crippen molar-refractivity contribution in [2.45, 2.75) is 64.3 Å². The van der Waals surface area contributed by atoms with E-state index < -0.39 is 5.97 Å². The van der Waals surface area contributed by atoms with Gasteiger partial charge in [-0.25, -0.2) is 4.79 Å². The van der Waals surface area contributed by atoms with Crippen LogP contribution < -0.4 is 5.32 Å². The Labute approximate surface area is 170 Å². The van der Waals surface area contributed by atoms with Crippen LogP contribution in [0.5, 0.6) is 5.75 Å². The third-order valence-electron chi connectivity index (χ3n) is 5.42. The maximum atomic E-state index is 12.7. The van der Waals surface area contributed by atoms with Crippen LogP contribution in [0.3, 0.4) is 0 Å². The lowest BCUT2D eigenvalue weighted by molar-refractivity contribution is 0.0375. The van der Waals surface area contributed by atoms with E-state index in [9.17, 15) is 9.90 Å². The molecule has 0 amide bonds. The Hall–Kier alpha value is -2.83. The quantitative estimate of drug-likeness (QED) is 0.720. The third-order valence-corrected chi connectivity index (χ3v) is 5.42. The number of allylic oxidation sites excluding steroid dienone is 1. The first-order valence-electron chi connectivity index (χ1n) is 10.3. The Morgan fingerprint density at radius 1 is 1.31 bits per heavy atom. The van der Waals surface area contributed by atoms with Gasteiger partial charge in [-0.2, -0.15) is 0 Å². The van der Waals surface area contributed by atoms with Gasteiger partial charge in [0, 0.05) is 24.4 Å². The molecule has 0 bridgehead atoms. The predicted octanol–water partition coefficient (Wildman–Crippen LogP) is 4.35. The van der Waals surface area contributed by atoms with Crippen LogP contribution in [0.1, 0.15) is 62.1 Å². The van der Waals surface area contributed by atoms with Gasteiger partial charge in [0.05, 0.1) is 6.10 Å². The van der Waals surface area contributed by atoms with Gasteiger partial charge in [0.15, 0.2) is 17.1 Å². The first-order chi connectivity index (χ1) is 14.0. The Bertz CT molecular complexity index is 888. The molecule has 2 unspecified atom stereocenters. The number of carbonyl (C=O) groups is 1. The highest BCUT2D eigenvalue weighted by molar-refractivity contribution is 6.00. The van der Waals surface area contributed by atoms with Gasteiger partial charge in [-0.05, 0) is 44.4 Å². The van der Waals surface area contributed by atoms with E-state index in [1.807, 2.05) is 12.2 Å². The molecule has 0 saturated heterocycles. The van der Waals surface area contributed by atoms with E-state index in [0.717, 1.165) is 31.3 Å². The van der Waals surface area contributed by atoms with Gasteiger partial charge < -0.3 is 19.6 Å². The molecule has 2 N–H and O–H groups in total. The van der Waals surface area contributed by atoms with Crippen LogP contribution in [0.2, 0.25) is 0 Å². The zero-order chi connectivity index (χ0) is 20.4.